The van der Waals surface area contributed by atoms with Gasteiger partial charge in [0, 0.05) is 40.3 Å². The monoisotopic (exact) mass is 387 g/mol. The Hall–Kier alpha value is -1.92. The number of likely N-dealkylation sites (tertiary alicyclic amines) is 2. The standard InChI is InChI=1S/C22H33N3O3/c1-23(13-14-28-3)16-20(26)25-11-9-22(10-12-25)15-19(21(27)24(2)17-22)18-7-5-4-6-8-18/h4-8,19H,9-17H2,1-3H3/t19-/m1/s1. The van der Waals surface area contributed by atoms with Crippen molar-refractivity contribution in [3.05, 3.63) is 35.9 Å². The highest BCUT2D eigenvalue weighted by atomic mass is 16.5. The summed E-state index contributed by atoms with van der Waals surface area (Å²) < 4.78 is 5.08. The summed E-state index contributed by atoms with van der Waals surface area (Å²) >= 11 is 0. The lowest BCUT2D eigenvalue weighted by Gasteiger charge is -2.49. The largest absolute Gasteiger partial charge is 0.383 e. The quantitative estimate of drug-likeness (QED) is 0.747. The van der Waals surface area contributed by atoms with E-state index in [9.17, 15) is 9.59 Å². The third-order valence-corrected chi connectivity index (χ3v) is 6.35. The second kappa shape index (κ2) is 9.05. The van der Waals surface area contributed by atoms with Gasteiger partial charge in [0.25, 0.3) is 0 Å². The number of carbonyl (C=O) groups is 2. The molecule has 2 saturated heterocycles. The zero-order valence-corrected chi connectivity index (χ0v) is 17.4. The highest BCUT2D eigenvalue weighted by Crippen LogP contribution is 2.45. The van der Waals surface area contributed by atoms with Gasteiger partial charge in [0.1, 0.15) is 0 Å². The van der Waals surface area contributed by atoms with Crippen LogP contribution in [0.4, 0.5) is 0 Å². The molecular weight excluding hydrogens is 354 g/mol. The molecule has 1 spiro atoms. The van der Waals surface area contributed by atoms with Crippen LogP contribution in [0, 0.1) is 5.41 Å². The molecule has 6 nitrogen and oxygen atoms in total. The van der Waals surface area contributed by atoms with Gasteiger partial charge in [0.15, 0.2) is 0 Å². The summed E-state index contributed by atoms with van der Waals surface area (Å²) in [5, 5.41) is 0. The summed E-state index contributed by atoms with van der Waals surface area (Å²) in [6.45, 7) is 4.17. The first-order valence-corrected chi connectivity index (χ1v) is 10.2. The second-order valence-corrected chi connectivity index (χ2v) is 8.47. The molecular formula is C22H33N3O3. The number of methoxy groups -OCH3 is 1. The number of likely N-dealkylation sites (N-methyl/N-ethyl adjacent to an activating group) is 2. The molecule has 2 fully saturated rings. The lowest BCUT2D eigenvalue weighted by molar-refractivity contribution is -0.143. The van der Waals surface area contributed by atoms with Crippen molar-refractivity contribution in [1.82, 2.24) is 14.7 Å². The molecule has 28 heavy (non-hydrogen) atoms. The zero-order chi connectivity index (χ0) is 20.1. The van der Waals surface area contributed by atoms with Gasteiger partial charge in [-0.25, -0.2) is 0 Å². The summed E-state index contributed by atoms with van der Waals surface area (Å²) in [7, 11) is 5.55. The number of hydrogen-bond donors (Lipinski definition) is 0. The fourth-order valence-corrected chi connectivity index (χ4v) is 4.63. The van der Waals surface area contributed by atoms with E-state index in [1.165, 1.54) is 0 Å². The van der Waals surface area contributed by atoms with E-state index in [2.05, 4.69) is 12.1 Å². The lowest BCUT2D eigenvalue weighted by atomic mass is 9.67. The van der Waals surface area contributed by atoms with Gasteiger partial charge in [0.2, 0.25) is 11.8 Å². The molecule has 0 N–H and O–H groups in total. The van der Waals surface area contributed by atoms with Crippen molar-refractivity contribution in [3.8, 4) is 0 Å². The van der Waals surface area contributed by atoms with Crippen molar-refractivity contribution in [2.45, 2.75) is 25.2 Å². The number of benzene rings is 1. The minimum absolute atomic E-state index is 0.0672. The highest BCUT2D eigenvalue weighted by Gasteiger charge is 2.45. The first kappa shape index (κ1) is 20.8. The Labute approximate surface area is 168 Å². The summed E-state index contributed by atoms with van der Waals surface area (Å²) in [6, 6.07) is 10.1. The molecule has 2 amide bonds. The number of ether oxygens (including phenoxy) is 1. The average molecular weight is 388 g/mol. The van der Waals surface area contributed by atoms with Crippen LogP contribution in [0.15, 0.2) is 30.3 Å². The normalized spacial score (nSPS) is 22.1. The minimum Gasteiger partial charge on any atom is -0.383 e. The molecule has 0 aromatic heterocycles. The Morgan fingerprint density at radius 3 is 2.57 bits per heavy atom. The Morgan fingerprint density at radius 1 is 1.25 bits per heavy atom. The molecule has 0 bridgehead atoms. The predicted molar refractivity (Wildman–Crippen MR) is 109 cm³/mol. The topological polar surface area (TPSA) is 53.1 Å². The molecule has 6 heteroatoms. The smallest absolute Gasteiger partial charge is 0.236 e. The van der Waals surface area contributed by atoms with E-state index >= 15 is 0 Å². The molecule has 3 rings (SSSR count). The van der Waals surface area contributed by atoms with Crippen molar-refractivity contribution in [3.63, 3.8) is 0 Å². The minimum atomic E-state index is -0.0672. The average Bonchev–Trinajstić information content (AvgIpc) is 2.70. The third kappa shape index (κ3) is 4.73. The zero-order valence-electron chi connectivity index (χ0n) is 17.4. The first-order chi connectivity index (χ1) is 13.4. The van der Waals surface area contributed by atoms with E-state index in [1.807, 2.05) is 47.0 Å². The van der Waals surface area contributed by atoms with E-state index < -0.39 is 0 Å². The van der Waals surface area contributed by atoms with Crippen molar-refractivity contribution in [2.24, 2.45) is 5.41 Å². The van der Waals surface area contributed by atoms with Gasteiger partial charge in [0.05, 0.1) is 19.1 Å². The third-order valence-electron chi connectivity index (χ3n) is 6.35. The Balaban J connectivity index is 1.61. The summed E-state index contributed by atoms with van der Waals surface area (Å²) in [5.41, 5.74) is 1.22. The number of hydrogen-bond acceptors (Lipinski definition) is 4. The maximum Gasteiger partial charge on any atom is 0.236 e. The lowest BCUT2D eigenvalue weighted by Crippen LogP contribution is -2.54. The maximum absolute atomic E-state index is 12.8. The molecule has 2 heterocycles. The van der Waals surface area contributed by atoms with Gasteiger partial charge in [-0.05, 0) is 37.3 Å². The van der Waals surface area contributed by atoms with Crippen LogP contribution >= 0.6 is 0 Å². The van der Waals surface area contributed by atoms with Crippen LogP contribution in [0.2, 0.25) is 0 Å². The summed E-state index contributed by atoms with van der Waals surface area (Å²) in [6.07, 6.45) is 2.80. The van der Waals surface area contributed by atoms with Crippen molar-refractivity contribution in [2.75, 3.05) is 60.5 Å². The Kier molecular flexibility index (Phi) is 6.73. The molecule has 1 atom stereocenters. The van der Waals surface area contributed by atoms with Gasteiger partial charge in [-0.1, -0.05) is 30.3 Å². The van der Waals surface area contributed by atoms with E-state index in [0.717, 1.165) is 51.0 Å². The van der Waals surface area contributed by atoms with Gasteiger partial charge in [-0.15, -0.1) is 0 Å². The number of nitrogens with zero attached hydrogens (tertiary/aromatic N) is 3. The number of amides is 2. The fourth-order valence-electron chi connectivity index (χ4n) is 4.63. The van der Waals surface area contributed by atoms with Crippen LogP contribution in [0.25, 0.3) is 0 Å². The molecule has 1 aromatic carbocycles. The first-order valence-electron chi connectivity index (χ1n) is 10.2. The molecule has 0 unspecified atom stereocenters. The van der Waals surface area contributed by atoms with Crippen LogP contribution in [-0.2, 0) is 14.3 Å². The van der Waals surface area contributed by atoms with Gasteiger partial charge < -0.3 is 14.5 Å². The van der Waals surface area contributed by atoms with Crippen LogP contribution in [0.1, 0.15) is 30.7 Å². The molecule has 0 saturated carbocycles. The molecule has 154 valence electrons. The van der Waals surface area contributed by atoms with E-state index in [4.69, 9.17) is 4.74 Å². The molecule has 2 aliphatic heterocycles. The predicted octanol–water partition coefficient (Wildman–Crippen LogP) is 1.82. The number of rotatable bonds is 6. The summed E-state index contributed by atoms with van der Waals surface area (Å²) in [5.74, 6) is 0.339. The van der Waals surface area contributed by atoms with E-state index in [-0.39, 0.29) is 23.1 Å². The van der Waals surface area contributed by atoms with Crippen molar-refractivity contribution >= 4 is 11.8 Å². The maximum atomic E-state index is 12.8. The van der Waals surface area contributed by atoms with Crippen LogP contribution in [0.3, 0.4) is 0 Å². The van der Waals surface area contributed by atoms with Gasteiger partial charge in [-0.2, -0.15) is 0 Å². The van der Waals surface area contributed by atoms with E-state index in [0.29, 0.717) is 13.2 Å². The number of piperidine rings is 2. The Morgan fingerprint density at radius 2 is 1.93 bits per heavy atom. The fraction of sp³-hybridized carbons (Fsp3) is 0.636. The summed E-state index contributed by atoms with van der Waals surface area (Å²) in [4.78, 5) is 31.3. The molecule has 1 aromatic rings. The van der Waals surface area contributed by atoms with Crippen molar-refractivity contribution < 1.29 is 14.3 Å². The van der Waals surface area contributed by atoms with Gasteiger partial charge in [-0.3, -0.25) is 14.5 Å². The van der Waals surface area contributed by atoms with Crippen LogP contribution in [0.5, 0.6) is 0 Å². The van der Waals surface area contributed by atoms with Gasteiger partial charge >= 0.3 is 0 Å². The molecule has 2 aliphatic rings. The van der Waals surface area contributed by atoms with E-state index in [1.54, 1.807) is 7.11 Å². The van der Waals surface area contributed by atoms with Crippen molar-refractivity contribution in [1.29, 1.82) is 0 Å². The Bertz CT molecular complexity index is 671. The van der Waals surface area contributed by atoms with Crippen LogP contribution < -0.4 is 0 Å². The second-order valence-electron chi connectivity index (χ2n) is 8.47. The highest BCUT2D eigenvalue weighted by molar-refractivity contribution is 5.84. The number of carbonyl (C=O) groups excluding carboxylic acids is 2. The molecule has 0 aliphatic carbocycles. The molecule has 0 radical (unpaired) electrons. The SMILES string of the molecule is COCCN(C)CC(=O)N1CCC2(CC1)C[C@H](c1ccccc1)C(=O)N(C)C2. The van der Waals surface area contributed by atoms with Crippen LogP contribution in [-0.4, -0.2) is 87.0 Å².